The van der Waals surface area contributed by atoms with Gasteiger partial charge in [0.2, 0.25) is 0 Å². The molecule has 2 fully saturated rings. The Morgan fingerprint density at radius 1 is 1.10 bits per heavy atom. The minimum atomic E-state index is 0.450. The van der Waals surface area contributed by atoms with Crippen molar-refractivity contribution in [1.82, 2.24) is 9.80 Å². The Hall–Kier alpha value is -0.120. The van der Waals surface area contributed by atoms with Gasteiger partial charge in [0, 0.05) is 44.8 Å². The highest BCUT2D eigenvalue weighted by Gasteiger charge is 2.30. The molecule has 3 heteroatoms. The van der Waals surface area contributed by atoms with Crippen LogP contribution in [0.5, 0.6) is 0 Å². The molecule has 1 aliphatic heterocycles. The van der Waals surface area contributed by atoms with Crippen LogP contribution in [0, 0.1) is 11.8 Å². The van der Waals surface area contributed by atoms with Crippen molar-refractivity contribution in [2.45, 2.75) is 71.4 Å². The fraction of sp³-hybridized carbons (Fsp3) is 1.00. The Kier molecular flexibility index (Phi) is 6.97. The van der Waals surface area contributed by atoms with Gasteiger partial charge in [0.25, 0.3) is 0 Å². The summed E-state index contributed by atoms with van der Waals surface area (Å²) in [7, 11) is 0. The minimum absolute atomic E-state index is 0.450. The Balaban J connectivity index is 1.76. The van der Waals surface area contributed by atoms with Gasteiger partial charge in [0.15, 0.2) is 0 Å². The smallest absolute Gasteiger partial charge is 0.0113 e. The number of piperazine rings is 1. The molecule has 0 aromatic carbocycles. The minimum Gasteiger partial charge on any atom is -0.327 e. The molecule has 2 N–H and O–H groups in total. The fourth-order valence-corrected chi connectivity index (χ4v) is 4.24. The lowest BCUT2D eigenvalue weighted by molar-refractivity contribution is 0.0747. The number of hydrogen-bond donors (Lipinski definition) is 1. The van der Waals surface area contributed by atoms with Gasteiger partial charge in [-0.15, -0.1) is 0 Å². The number of nitrogens with two attached hydrogens (primary N) is 1. The summed E-state index contributed by atoms with van der Waals surface area (Å²) in [5.74, 6) is 1.69. The first-order valence-electron chi connectivity index (χ1n) is 9.36. The van der Waals surface area contributed by atoms with Crippen molar-refractivity contribution in [2.24, 2.45) is 17.6 Å². The van der Waals surface area contributed by atoms with Crippen molar-refractivity contribution >= 4 is 0 Å². The SMILES string of the molecule is CCCC1CCC(N)C(CN2CCN(C(C)CC)CC2)C1. The third kappa shape index (κ3) is 4.94. The molecule has 124 valence electrons. The van der Waals surface area contributed by atoms with Gasteiger partial charge in [0.1, 0.15) is 0 Å². The van der Waals surface area contributed by atoms with E-state index in [0.717, 1.165) is 17.9 Å². The monoisotopic (exact) mass is 295 g/mol. The summed E-state index contributed by atoms with van der Waals surface area (Å²) in [6, 6.07) is 1.20. The van der Waals surface area contributed by atoms with E-state index in [-0.39, 0.29) is 0 Å². The summed E-state index contributed by atoms with van der Waals surface area (Å²) in [4.78, 5) is 5.33. The second-order valence-electron chi connectivity index (χ2n) is 7.49. The lowest BCUT2D eigenvalue weighted by atomic mass is 9.76. The van der Waals surface area contributed by atoms with E-state index in [9.17, 15) is 0 Å². The summed E-state index contributed by atoms with van der Waals surface area (Å²) < 4.78 is 0. The van der Waals surface area contributed by atoms with E-state index in [0.29, 0.717) is 6.04 Å². The Bertz CT molecular complexity index is 286. The number of rotatable bonds is 6. The molecule has 21 heavy (non-hydrogen) atoms. The van der Waals surface area contributed by atoms with E-state index in [1.54, 1.807) is 0 Å². The predicted molar refractivity (Wildman–Crippen MR) is 91.5 cm³/mol. The first kappa shape index (κ1) is 17.2. The van der Waals surface area contributed by atoms with Gasteiger partial charge < -0.3 is 10.6 Å². The van der Waals surface area contributed by atoms with Gasteiger partial charge in [-0.25, -0.2) is 0 Å². The number of nitrogens with zero attached hydrogens (tertiary/aromatic N) is 2. The highest BCUT2D eigenvalue weighted by Crippen LogP contribution is 2.32. The van der Waals surface area contributed by atoms with E-state index < -0.39 is 0 Å². The molecule has 3 nitrogen and oxygen atoms in total. The van der Waals surface area contributed by atoms with Gasteiger partial charge in [-0.3, -0.25) is 4.90 Å². The van der Waals surface area contributed by atoms with Crippen molar-refractivity contribution in [3.8, 4) is 0 Å². The average Bonchev–Trinajstić information content (AvgIpc) is 2.51. The Morgan fingerprint density at radius 3 is 2.43 bits per heavy atom. The van der Waals surface area contributed by atoms with E-state index in [1.807, 2.05) is 0 Å². The molecule has 4 unspecified atom stereocenters. The molecule has 1 aliphatic carbocycles. The summed E-state index contributed by atoms with van der Waals surface area (Å²) in [6.07, 6.45) is 8.01. The molecule has 1 heterocycles. The molecule has 0 bridgehead atoms. The van der Waals surface area contributed by atoms with E-state index in [4.69, 9.17) is 5.73 Å². The molecule has 4 atom stereocenters. The first-order chi connectivity index (χ1) is 10.1. The summed E-state index contributed by atoms with van der Waals surface area (Å²) in [5, 5.41) is 0. The third-order valence-electron chi connectivity index (χ3n) is 5.96. The van der Waals surface area contributed by atoms with Gasteiger partial charge in [0.05, 0.1) is 0 Å². The lowest BCUT2D eigenvalue weighted by Gasteiger charge is -2.42. The molecule has 0 spiro atoms. The van der Waals surface area contributed by atoms with Gasteiger partial charge in [-0.2, -0.15) is 0 Å². The van der Waals surface area contributed by atoms with Gasteiger partial charge >= 0.3 is 0 Å². The highest BCUT2D eigenvalue weighted by atomic mass is 15.3. The maximum atomic E-state index is 6.41. The second-order valence-corrected chi connectivity index (χ2v) is 7.49. The maximum absolute atomic E-state index is 6.41. The van der Waals surface area contributed by atoms with Crippen LogP contribution in [0.2, 0.25) is 0 Å². The standard InChI is InChI=1S/C18H37N3/c1-4-6-16-7-8-18(19)17(13-16)14-20-9-11-21(12-10-20)15(3)5-2/h15-18H,4-14,19H2,1-3H3. The molecule has 0 amide bonds. The van der Waals surface area contributed by atoms with Crippen molar-refractivity contribution in [3.63, 3.8) is 0 Å². The Labute approximate surface area is 132 Å². The van der Waals surface area contributed by atoms with Crippen molar-refractivity contribution < 1.29 is 0 Å². The van der Waals surface area contributed by atoms with Crippen LogP contribution < -0.4 is 5.73 Å². The molecule has 1 saturated carbocycles. The lowest BCUT2D eigenvalue weighted by Crippen LogP contribution is -2.52. The second kappa shape index (κ2) is 8.50. The van der Waals surface area contributed by atoms with Crippen LogP contribution in [0.3, 0.4) is 0 Å². The molecule has 0 aromatic rings. The first-order valence-corrected chi connectivity index (χ1v) is 9.36. The maximum Gasteiger partial charge on any atom is 0.0113 e. The van der Waals surface area contributed by atoms with Crippen molar-refractivity contribution in [2.75, 3.05) is 32.7 Å². The third-order valence-corrected chi connectivity index (χ3v) is 5.96. The van der Waals surface area contributed by atoms with Crippen LogP contribution in [0.1, 0.15) is 59.3 Å². The zero-order valence-corrected chi connectivity index (χ0v) is 14.6. The average molecular weight is 296 g/mol. The summed E-state index contributed by atoms with van der Waals surface area (Å²) in [5.41, 5.74) is 6.41. The van der Waals surface area contributed by atoms with Crippen LogP contribution in [-0.4, -0.2) is 54.6 Å². The van der Waals surface area contributed by atoms with Crippen LogP contribution in [-0.2, 0) is 0 Å². The van der Waals surface area contributed by atoms with Crippen molar-refractivity contribution in [3.05, 3.63) is 0 Å². The predicted octanol–water partition coefficient (Wildman–Crippen LogP) is 2.95. The zero-order valence-electron chi connectivity index (χ0n) is 14.6. The Morgan fingerprint density at radius 2 is 1.81 bits per heavy atom. The van der Waals surface area contributed by atoms with E-state index in [1.165, 1.54) is 71.2 Å². The zero-order chi connectivity index (χ0) is 15.2. The van der Waals surface area contributed by atoms with Crippen molar-refractivity contribution in [1.29, 1.82) is 0 Å². The van der Waals surface area contributed by atoms with Crippen LogP contribution >= 0.6 is 0 Å². The van der Waals surface area contributed by atoms with E-state index in [2.05, 4.69) is 30.6 Å². The summed E-state index contributed by atoms with van der Waals surface area (Å²) >= 11 is 0. The molecule has 2 aliphatic rings. The summed E-state index contributed by atoms with van der Waals surface area (Å²) in [6.45, 7) is 13.2. The van der Waals surface area contributed by atoms with E-state index >= 15 is 0 Å². The van der Waals surface area contributed by atoms with Crippen LogP contribution in [0.25, 0.3) is 0 Å². The van der Waals surface area contributed by atoms with Gasteiger partial charge in [-0.05, 0) is 44.4 Å². The quantitative estimate of drug-likeness (QED) is 0.818. The largest absolute Gasteiger partial charge is 0.327 e. The molecule has 0 aromatic heterocycles. The van der Waals surface area contributed by atoms with Crippen LogP contribution in [0.4, 0.5) is 0 Å². The normalized spacial score (nSPS) is 34.0. The topological polar surface area (TPSA) is 32.5 Å². The molecular formula is C18H37N3. The molecule has 0 radical (unpaired) electrons. The number of hydrogen-bond acceptors (Lipinski definition) is 3. The molecule has 1 saturated heterocycles. The molecule has 2 rings (SSSR count). The van der Waals surface area contributed by atoms with Gasteiger partial charge in [-0.1, -0.05) is 26.7 Å². The van der Waals surface area contributed by atoms with Crippen LogP contribution in [0.15, 0.2) is 0 Å². The highest BCUT2D eigenvalue weighted by molar-refractivity contribution is 4.86. The fourth-order valence-electron chi connectivity index (χ4n) is 4.24. The molecular weight excluding hydrogens is 258 g/mol.